The van der Waals surface area contributed by atoms with E-state index in [2.05, 4.69) is 6.58 Å². The lowest BCUT2D eigenvalue weighted by Gasteiger charge is -2.32. The minimum Gasteiger partial charge on any atom is -0.497 e. The first-order chi connectivity index (χ1) is 10.1. The molecule has 0 aliphatic carbocycles. The molecule has 1 aromatic rings. The van der Waals surface area contributed by atoms with Crippen molar-refractivity contribution in [2.45, 2.75) is 18.6 Å². The Balaban J connectivity index is 2.64. The SMILES string of the molecule is C=C[C@@](C)(OCOCCOC)[C@H](N)c1ccc(OC)cc1. The molecule has 0 radical (unpaired) electrons. The lowest BCUT2D eigenvalue weighted by Crippen LogP contribution is -2.40. The van der Waals surface area contributed by atoms with Crippen LogP contribution in [-0.4, -0.2) is 39.8 Å². The zero-order valence-electron chi connectivity index (χ0n) is 13.0. The van der Waals surface area contributed by atoms with Gasteiger partial charge in [0.25, 0.3) is 0 Å². The van der Waals surface area contributed by atoms with Crippen LogP contribution >= 0.6 is 0 Å². The average Bonchev–Trinajstić information content (AvgIpc) is 2.53. The van der Waals surface area contributed by atoms with Gasteiger partial charge in [0.1, 0.15) is 18.1 Å². The number of hydrogen-bond donors (Lipinski definition) is 1. The molecule has 0 saturated heterocycles. The Morgan fingerprint density at radius 3 is 2.43 bits per heavy atom. The Labute approximate surface area is 126 Å². The van der Waals surface area contributed by atoms with E-state index in [9.17, 15) is 0 Å². The van der Waals surface area contributed by atoms with Gasteiger partial charge in [-0.2, -0.15) is 0 Å². The van der Waals surface area contributed by atoms with Crippen LogP contribution in [0.3, 0.4) is 0 Å². The Kier molecular flexibility index (Phi) is 7.39. The van der Waals surface area contributed by atoms with E-state index in [1.165, 1.54) is 0 Å². The van der Waals surface area contributed by atoms with Gasteiger partial charge in [-0.15, -0.1) is 6.58 Å². The molecular weight excluding hydrogens is 270 g/mol. The van der Waals surface area contributed by atoms with Gasteiger partial charge in [-0.05, 0) is 24.6 Å². The van der Waals surface area contributed by atoms with Crippen molar-refractivity contribution in [1.29, 1.82) is 0 Å². The molecule has 0 aromatic heterocycles. The summed E-state index contributed by atoms with van der Waals surface area (Å²) in [5, 5.41) is 0. The van der Waals surface area contributed by atoms with Gasteiger partial charge in [0.2, 0.25) is 0 Å². The highest BCUT2D eigenvalue weighted by Crippen LogP contribution is 2.29. The largest absolute Gasteiger partial charge is 0.497 e. The van der Waals surface area contributed by atoms with Crippen LogP contribution in [0, 0.1) is 0 Å². The Morgan fingerprint density at radius 2 is 1.90 bits per heavy atom. The summed E-state index contributed by atoms with van der Waals surface area (Å²) in [5.41, 5.74) is 6.52. The van der Waals surface area contributed by atoms with E-state index in [0.717, 1.165) is 11.3 Å². The molecule has 5 nitrogen and oxygen atoms in total. The van der Waals surface area contributed by atoms with Gasteiger partial charge in [-0.25, -0.2) is 0 Å². The molecule has 21 heavy (non-hydrogen) atoms. The lowest BCUT2D eigenvalue weighted by atomic mass is 9.91. The van der Waals surface area contributed by atoms with Crippen LogP contribution in [0.15, 0.2) is 36.9 Å². The molecule has 1 aromatic carbocycles. The van der Waals surface area contributed by atoms with Gasteiger partial charge in [0.15, 0.2) is 0 Å². The number of hydrogen-bond acceptors (Lipinski definition) is 5. The Morgan fingerprint density at radius 1 is 1.24 bits per heavy atom. The highest BCUT2D eigenvalue weighted by molar-refractivity contribution is 5.31. The molecule has 2 atom stereocenters. The zero-order chi connectivity index (χ0) is 15.7. The average molecular weight is 295 g/mol. The van der Waals surface area contributed by atoms with Crippen LogP contribution in [0.5, 0.6) is 5.75 Å². The second-order valence-corrected chi connectivity index (χ2v) is 4.80. The quantitative estimate of drug-likeness (QED) is 0.407. The van der Waals surface area contributed by atoms with Crippen molar-refractivity contribution < 1.29 is 18.9 Å². The number of rotatable bonds is 10. The van der Waals surface area contributed by atoms with Gasteiger partial charge >= 0.3 is 0 Å². The smallest absolute Gasteiger partial charge is 0.148 e. The second-order valence-electron chi connectivity index (χ2n) is 4.80. The minimum absolute atomic E-state index is 0.135. The van der Waals surface area contributed by atoms with E-state index in [-0.39, 0.29) is 12.8 Å². The fourth-order valence-electron chi connectivity index (χ4n) is 1.79. The zero-order valence-corrected chi connectivity index (χ0v) is 13.0. The molecule has 5 heteroatoms. The van der Waals surface area contributed by atoms with E-state index >= 15 is 0 Å². The fraction of sp³-hybridized carbons (Fsp3) is 0.500. The Hall–Kier alpha value is -1.40. The maximum absolute atomic E-state index is 6.30. The third-order valence-electron chi connectivity index (χ3n) is 3.38. The summed E-state index contributed by atoms with van der Waals surface area (Å²) in [4.78, 5) is 0. The molecule has 0 saturated carbocycles. The van der Waals surface area contributed by atoms with Crippen LogP contribution in [0.1, 0.15) is 18.5 Å². The van der Waals surface area contributed by atoms with Crippen molar-refractivity contribution in [2.24, 2.45) is 5.73 Å². The van der Waals surface area contributed by atoms with E-state index in [0.29, 0.717) is 13.2 Å². The first-order valence-electron chi connectivity index (χ1n) is 6.81. The first kappa shape index (κ1) is 17.7. The minimum atomic E-state index is -0.721. The molecule has 0 bridgehead atoms. The third-order valence-corrected chi connectivity index (χ3v) is 3.38. The summed E-state index contributed by atoms with van der Waals surface area (Å²) in [6, 6.07) is 7.22. The van der Waals surface area contributed by atoms with Gasteiger partial charge in [0, 0.05) is 7.11 Å². The highest BCUT2D eigenvalue weighted by Gasteiger charge is 2.30. The van der Waals surface area contributed by atoms with Gasteiger partial charge in [-0.1, -0.05) is 18.2 Å². The monoisotopic (exact) mass is 295 g/mol. The molecule has 0 amide bonds. The summed E-state index contributed by atoms with van der Waals surface area (Å²) in [7, 11) is 3.25. The van der Waals surface area contributed by atoms with Crippen LogP contribution in [0.25, 0.3) is 0 Å². The van der Waals surface area contributed by atoms with Gasteiger partial charge in [0.05, 0.1) is 26.4 Å². The van der Waals surface area contributed by atoms with Crippen LogP contribution < -0.4 is 10.5 Å². The molecule has 0 aliphatic rings. The van der Waals surface area contributed by atoms with E-state index in [1.807, 2.05) is 31.2 Å². The standard InChI is InChI=1S/C16H25NO4/c1-5-16(2,21-12-20-11-10-18-3)15(17)13-6-8-14(19-4)9-7-13/h5-9,15H,1,10-12,17H2,2-4H3/t15-,16-/m1/s1. The van der Waals surface area contributed by atoms with Crippen molar-refractivity contribution >= 4 is 0 Å². The van der Waals surface area contributed by atoms with E-state index in [4.69, 9.17) is 24.7 Å². The number of nitrogens with two attached hydrogens (primary N) is 1. The lowest BCUT2D eigenvalue weighted by molar-refractivity contribution is -0.129. The number of methoxy groups -OCH3 is 2. The fourth-order valence-corrected chi connectivity index (χ4v) is 1.79. The van der Waals surface area contributed by atoms with Crippen LogP contribution in [-0.2, 0) is 14.2 Å². The molecule has 118 valence electrons. The van der Waals surface area contributed by atoms with Crippen LogP contribution in [0.4, 0.5) is 0 Å². The number of ether oxygens (including phenoxy) is 4. The van der Waals surface area contributed by atoms with Crippen LogP contribution in [0.2, 0.25) is 0 Å². The maximum Gasteiger partial charge on any atom is 0.148 e. The van der Waals surface area contributed by atoms with E-state index < -0.39 is 5.60 Å². The normalized spacial score (nSPS) is 15.2. The highest BCUT2D eigenvalue weighted by atomic mass is 16.7. The van der Waals surface area contributed by atoms with Crippen molar-refractivity contribution in [1.82, 2.24) is 0 Å². The van der Waals surface area contributed by atoms with Gasteiger partial charge in [-0.3, -0.25) is 0 Å². The summed E-state index contributed by atoms with van der Waals surface area (Å²) in [6.07, 6.45) is 1.70. The summed E-state index contributed by atoms with van der Waals surface area (Å²) >= 11 is 0. The Bertz CT molecular complexity index is 421. The molecule has 2 N–H and O–H groups in total. The first-order valence-corrected chi connectivity index (χ1v) is 6.81. The van der Waals surface area contributed by atoms with E-state index in [1.54, 1.807) is 20.3 Å². The molecule has 0 heterocycles. The molecule has 0 aliphatic heterocycles. The molecule has 1 rings (SSSR count). The summed E-state index contributed by atoms with van der Waals surface area (Å²) in [5.74, 6) is 0.787. The van der Waals surface area contributed by atoms with Crippen molar-refractivity contribution in [2.75, 3.05) is 34.2 Å². The van der Waals surface area contributed by atoms with Gasteiger partial charge < -0.3 is 24.7 Å². The molecule has 0 spiro atoms. The predicted octanol–water partition coefficient (Wildman–Crippen LogP) is 2.28. The van der Waals surface area contributed by atoms with Crippen molar-refractivity contribution in [3.8, 4) is 5.75 Å². The summed E-state index contributed by atoms with van der Waals surface area (Å²) < 4.78 is 21.1. The predicted molar refractivity (Wildman–Crippen MR) is 82.3 cm³/mol. The molecule has 0 fully saturated rings. The topological polar surface area (TPSA) is 62.9 Å². The maximum atomic E-state index is 6.30. The van der Waals surface area contributed by atoms with Crippen molar-refractivity contribution in [3.05, 3.63) is 42.5 Å². The molecular formula is C16H25NO4. The number of benzene rings is 1. The molecule has 0 unspecified atom stereocenters. The second kappa shape index (κ2) is 8.79. The third kappa shape index (κ3) is 5.13. The summed E-state index contributed by atoms with van der Waals surface area (Å²) in [6.45, 7) is 6.84. The van der Waals surface area contributed by atoms with Crippen molar-refractivity contribution in [3.63, 3.8) is 0 Å².